The topological polar surface area (TPSA) is 53.8 Å². The summed E-state index contributed by atoms with van der Waals surface area (Å²) in [5, 5.41) is 0. The largest absolute Gasteiger partial charge is 0.497 e. The van der Waals surface area contributed by atoms with Gasteiger partial charge in [-0.15, -0.1) is 0 Å². The number of rotatable bonds is 7. The van der Waals surface area contributed by atoms with E-state index >= 15 is 0 Å². The molecule has 2 aliphatic heterocycles. The highest BCUT2D eigenvalue weighted by atomic mass is 16.5. The number of aryl methyl sites for hydroxylation is 1. The number of para-hydroxylation sites is 3. The lowest BCUT2D eigenvalue weighted by atomic mass is 9.96. The molecule has 3 heterocycles. The second-order valence-electron chi connectivity index (χ2n) is 11.1. The standard InChI is InChI=1S/C33H39N5O2/c1-25-8-3-5-11-30(25)36-18-20-37(21-19-36)33(39)27-9-7-17-35(23-27)24-32-34-29-10-4-6-12-31(29)38(32)22-26-13-15-28(40-2)16-14-26/h3-6,8,10-16,27H,7,9,17-24H2,1-2H3/t27-/m1/s1. The number of aromatic nitrogens is 2. The van der Waals surface area contributed by atoms with Crippen molar-refractivity contribution in [1.82, 2.24) is 19.4 Å². The predicted octanol–water partition coefficient (Wildman–Crippen LogP) is 4.96. The SMILES string of the molecule is COc1ccc(Cn2c(CN3CCC[C@@H](C(=O)N4CCN(c5ccccc5C)CC4)C3)nc3ccccc32)cc1. The Kier molecular flexibility index (Phi) is 7.73. The number of piperazine rings is 1. The lowest BCUT2D eigenvalue weighted by Crippen LogP contribution is -2.52. The molecular weight excluding hydrogens is 498 g/mol. The van der Waals surface area contributed by atoms with Crippen LogP contribution in [0.1, 0.15) is 29.8 Å². The number of imidazole rings is 1. The van der Waals surface area contributed by atoms with Gasteiger partial charge in [0.1, 0.15) is 11.6 Å². The van der Waals surface area contributed by atoms with Crippen molar-refractivity contribution in [2.24, 2.45) is 5.92 Å². The molecule has 0 N–H and O–H groups in total. The normalized spacial score (nSPS) is 18.3. The highest BCUT2D eigenvalue weighted by Gasteiger charge is 2.32. The van der Waals surface area contributed by atoms with E-state index in [0.717, 1.165) is 87.8 Å². The van der Waals surface area contributed by atoms with Crippen LogP contribution in [-0.2, 0) is 17.9 Å². The van der Waals surface area contributed by atoms with Crippen LogP contribution < -0.4 is 9.64 Å². The molecule has 2 saturated heterocycles. The predicted molar refractivity (Wildman–Crippen MR) is 160 cm³/mol. The molecule has 0 bridgehead atoms. The van der Waals surface area contributed by atoms with E-state index in [4.69, 9.17) is 9.72 Å². The minimum absolute atomic E-state index is 0.0539. The molecule has 0 spiro atoms. The third-order valence-corrected chi connectivity index (χ3v) is 8.50. The number of piperidine rings is 1. The van der Waals surface area contributed by atoms with Gasteiger partial charge < -0.3 is 19.1 Å². The van der Waals surface area contributed by atoms with Gasteiger partial charge in [0.25, 0.3) is 0 Å². The molecule has 3 aromatic carbocycles. The number of nitrogens with zero attached hydrogens (tertiary/aromatic N) is 5. The van der Waals surface area contributed by atoms with Gasteiger partial charge in [0.15, 0.2) is 0 Å². The molecule has 2 fully saturated rings. The van der Waals surface area contributed by atoms with Gasteiger partial charge in [-0.2, -0.15) is 0 Å². The number of carbonyl (C=O) groups is 1. The van der Waals surface area contributed by atoms with Gasteiger partial charge in [-0.05, 0) is 67.8 Å². The average Bonchev–Trinajstić information content (AvgIpc) is 3.34. The number of benzene rings is 3. The molecular formula is C33H39N5O2. The molecule has 0 radical (unpaired) electrons. The van der Waals surface area contributed by atoms with Gasteiger partial charge >= 0.3 is 0 Å². The summed E-state index contributed by atoms with van der Waals surface area (Å²) in [6.07, 6.45) is 2.01. The summed E-state index contributed by atoms with van der Waals surface area (Å²) in [4.78, 5) is 25.6. The maximum Gasteiger partial charge on any atom is 0.227 e. The molecule has 2 aliphatic rings. The lowest BCUT2D eigenvalue weighted by Gasteiger charge is -2.40. The molecule has 0 aliphatic carbocycles. The van der Waals surface area contributed by atoms with Crippen LogP contribution in [0.4, 0.5) is 5.69 Å². The fourth-order valence-electron chi connectivity index (χ4n) is 6.28. The Hall–Kier alpha value is -3.84. The number of hydrogen-bond donors (Lipinski definition) is 0. The van der Waals surface area contributed by atoms with Gasteiger partial charge in [0.2, 0.25) is 5.91 Å². The van der Waals surface area contributed by atoms with E-state index < -0.39 is 0 Å². The number of likely N-dealkylation sites (tertiary alicyclic amines) is 1. The van der Waals surface area contributed by atoms with E-state index in [2.05, 4.69) is 80.8 Å². The third kappa shape index (κ3) is 5.56. The Morgan fingerprint density at radius 3 is 2.42 bits per heavy atom. The molecule has 7 heteroatoms. The van der Waals surface area contributed by atoms with E-state index in [0.29, 0.717) is 5.91 Å². The van der Waals surface area contributed by atoms with Gasteiger partial charge in [-0.3, -0.25) is 9.69 Å². The van der Waals surface area contributed by atoms with Crippen molar-refractivity contribution >= 4 is 22.6 Å². The molecule has 1 amide bonds. The second-order valence-corrected chi connectivity index (χ2v) is 11.1. The lowest BCUT2D eigenvalue weighted by molar-refractivity contribution is -0.137. The first kappa shape index (κ1) is 26.4. The van der Waals surface area contributed by atoms with Crippen LogP contribution >= 0.6 is 0 Å². The Morgan fingerprint density at radius 1 is 0.900 bits per heavy atom. The quantitative estimate of drug-likeness (QED) is 0.334. The average molecular weight is 538 g/mol. The zero-order valence-electron chi connectivity index (χ0n) is 23.6. The number of hydrogen-bond acceptors (Lipinski definition) is 5. The minimum Gasteiger partial charge on any atom is -0.497 e. The van der Waals surface area contributed by atoms with Crippen molar-refractivity contribution in [3.05, 3.63) is 89.7 Å². The van der Waals surface area contributed by atoms with Crippen LogP contribution in [0.2, 0.25) is 0 Å². The fraction of sp³-hybridized carbons (Fsp3) is 0.394. The molecule has 1 aromatic heterocycles. The maximum absolute atomic E-state index is 13.6. The molecule has 1 atom stereocenters. The first-order valence-corrected chi connectivity index (χ1v) is 14.5. The van der Waals surface area contributed by atoms with Crippen molar-refractivity contribution in [2.75, 3.05) is 51.3 Å². The monoisotopic (exact) mass is 537 g/mol. The second kappa shape index (κ2) is 11.7. The molecule has 6 rings (SSSR count). The Balaban J connectivity index is 1.12. The fourth-order valence-corrected chi connectivity index (χ4v) is 6.28. The van der Waals surface area contributed by atoms with Gasteiger partial charge in [-0.25, -0.2) is 4.98 Å². The number of ether oxygens (including phenoxy) is 1. The molecule has 4 aromatic rings. The summed E-state index contributed by atoms with van der Waals surface area (Å²) in [5.74, 6) is 2.29. The van der Waals surface area contributed by atoms with Gasteiger partial charge in [-0.1, -0.05) is 42.5 Å². The molecule has 40 heavy (non-hydrogen) atoms. The van der Waals surface area contributed by atoms with E-state index in [-0.39, 0.29) is 5.92 Å². The summed E-state index contributed by atoms with van der Waals surface area (Å²) in [7, 11) is 1.69. The Bertz CT molecular complexity index is 1460. The number of fused-ring (bicyclic) bond motifs is 1. The summed E-state index contributed by atoms with van der Waals surface area (Å²) in [6, 6.07) is 25.1. The van der Waals surface area contributed by atoms with Crippen LogP contribution in [0, 0.1) is 12.8 Å². The number of carbonyl (C=O) groups excluding carboxylic acids is 1. The zero-order chi connectivity index (χ0) is 27.5. The van der Waals surface area contributed by atoms with Gasteiger partial charge in [0, 0.05) is 45.0 Å². The van der Waals surface area contributed by atoms with E-state index in [1.54, 1.807) is 7.11 Å². The minimum atomic E-state index is 0.0539. The van der Waals surface area contributed by atoms with E-state index in [1.807, 2.05) is 18.2 Å². The first-order valence-electron chi connectivity index (χ1n) is 14.5. The Labute approximate surface area is 237 Å². The summed E-state index contributed by atoms with van der Waals surface area (Å²) >= 11 is 0. The first-order chi connectivity index (χ1) is 19.6. The van der Waals surface area contributed by atoms with Gasteiger partial charge in [0.05, 0.1) is 30.6 Å². The van der Waals surface area contributed by atoms with Crippen LogP contribution in [0.25, 0.3) is 11.0 Å². The van der Waals surface area contributed by atoms with Crippen molar-refractivity contribution < 1.29 is 9.53 Å². The van der Waals surface area contributed by atoms with Crippen LogP contribution in [0.5, 0.6) is 5.75 Å². The van der Waals surface area contributed by atoms with Crippen LogP contribution in [0.3, 0.4) is 0 Å². The highest BCUT2D eigenvalue weighted by Crippen LogP contribution is 2.26. The Morgan fingerprint density at radius 2 is 1.65 bits per heavy atom. The van der Waals surface area contributed by atoms with Crippen molar-refractivity contribution in [3.8, 4) is 5.75 Å². The molecule has 7 nitrogen and oxygen atoms in total. The summed E-state index contributed by atoms with van der Waals surface area (Å²) < 4.78 is 7.67. The zero-order valence-corrected chi connectivity index (χ0v) is 23.6. The molecule has 0 unspecified atom stereocenters. The molecule has 0 saturated carbocycles. The number of anilines is 1. The van der Waals surface area contributed by atoms with Crippen molar-refractivity contribution in [2.45, 2.75) is 32.9 Å². The highest BCUT2D eigenvalue weighted by molar-refractivity contribution is 5.79. The van der Waals surface area contributed by atoms with Crippen LogP contribution in [0.15, 0.2) is 72.8 Å². The van der Waals surface area contributed by atoms with Crippen LogP contribution in [-0.4, -0.2) is 71.6 Å². The van der Waals surface area contributed by atoms with E-state index in [1.165, 1.54) is 16.8 Å². The third-order valence-electron chi connectivity index (χ3n) is 8.50. The maximum atomic E-state index is 13.6. The molecule has 208 valence electrons. The summed E-state index contributed by atoms with van der Waals surface area (Å²) in [5.41, 5.74) is 5.95. The number of amides is 1. The van der Waals surface area contributed by atoms with Crippen molar-refractivity contribution in [3.63, 3.8) is 0 Å². The number of methoxy groups -OCH3 is 1. The summed E-state index contributed by atoms with van der Waals surface area (Å²) in [6.45, 7) is 8.82. The van der Waals surface area contributed by atoms with E-state index in [9.17, 15) is 4.79 Å². The van der Waals surface area contributed by atoms with Crippen molar-refractivity contribution in [1.29, 1.82) is 0 Å². The smallest absolute Gasteiger partial charge is 0.227 e.